The lowest BCUT2D eigenvalue weighted by Gasteiger charge is -2.43. The van der Waals surface area contributed by atoms with Crippen LogP contribution in [0, 0.1) is 6.92 Å². The average Bonchev–Trinajstić information content (AvgIpc) is 3.28. The molecule has 0 saturated carbocycles. The number of aryl methyl sites for hydroxylation is 2. The van der Waals surface area contributed by atoms with E-state index in [1.165, 1.54) is 19.3 Å². The highest BCUT2D eigenvalue weighted by molar-refractivity contribution is 5.95. The molecule has 28 heavy (non-hydrogen) atoms. The first-order valence-corrected chi connectivity index (χ1v) is 10.2. The van der Waals surface area contributed by atoms with Crippen molar-refractivity contribution in [1.29, 1.82) is 0 Å². The van der Waals surface area contributed by atoms with E-state index >= 15 is 0 Å². The van der Waals surface area contributed by atoms with Gasteiger partial charge in [0, 0.05) is 44.6 Å². The highest BCUT2D eigenvalue weighted by Gasteiger charge is 2.39. The molecule has 2 aliphatic rings. The molecule has 0 aliphatic carbocycles. The first-order chi connectivity index (χ1) is 13.5. The lowest BCUT2D eigenvalue weighted by atomic mass is 9.98. The molecule has 0 spiro atoms. The molecule has 1 amide bonds. The van der Waals surface area contributed by atoms with Crippen LogP contribution in [0.25, 0.3) is 0 Å². The minimum Gasteiger partial charge on any atom is -0.373 e. The molecule has 152 valence electrons. The first-order valence-electron chi connectivity index (χ1n) is 10.2. The summed E-state index contributed by atoms with van der Waals surface area (Å²) in [5.74, 6) is 0.0198. The van der Waals surface area contributed by atoms with Gasteiger partial charge in [-0.3, -0.25) is 14.2 Å². The molecule has 2 atom stereocenters. The molecule has 4 rings (SSSR count). The van der Waals surface area contributed by atoms with Crippen LogP contribution in [0.1, 0.15) is 46.9 Å². The number of morpholine rings is 1. The fourth-order valence-corrected chi connectivity index (χ4v) is 4.36. The van der Waals surface area contributed by atoms with Gasteiger partial charge in [-0.1, -0.05) is 6.42 Å². The Labute approximate surface area is 166 Å². The number of rotatable bonds is 4. The van der Waals surface area contributed by atoms with Crippen LogP contribution in [0.4, 0.5) is 0 Å². The number of hydrogen-bond acceptors (Lipinski definition) is 5. The van der Waals surface area contributed by atoms with Crippen LogP contribution in [-0.2, 0) is 18.8 Å². The predicted octanol–water partition coefficient (Wildman–Crippen LogP) is 1.53. The predicted molar refractivity (Wildman–Crippen MR) is 105 cm³/mol. The summed E-state index contributed by atoms with van der Waals surface area (Å²) in [6.07, 6.45) is 9.25. The number of hydrogen-bond donors (Lipinski definition) is 0. The molecule has 2 aromatic heterocycles. The van der Waals surface area contributed by atoms with Gasteiger partial charge in [0.2, 0.25) is 0 Å². The maximum atomic E-state index is 13.4. The zero-order chi connectivity index (χ0) is 19.7. The molecule has 0 aromatic carbocycles. The van der Waals surface area contributed by atoms with E-state index in [1.54, 1.807) is 15.6 Å². The largest absolute Gasteiger partial charge is 0.373 e. The zero-order valence-electron chi connectivity index (χ0n) is 17.0. The van der Waals surface area contributed by atoms with Gasteiger partial charge in [-0.2, -0.15) is 10.2 Å². The number of carbonyl (C=O) groups is 1. The van der Waals surface area contributed by atoms with E-state index < -0.39 is 0 Å². The number of ether oxygens (including phenoxy) is 1. The van der Waals surface area contributed by atoms with Gasteiger partial charge in [-0.15, -0.1) is 0 Å². The van der Waals surface area contributed by atoms with Gasteiger partial charge in [0.15, 0.2) is 0 Å². The number of carbonyl (C=O) groups excluding carboxylic acids is 1. The van der Waals surface area contributed by atoms with Gasteiger partial charge in [-0.05, 0) is 32.9 Å². The molecular weight excluding hydrogens is 356 g/mol. The van der Waals surface area contributed by atoms with Crippen molar-refractivity contribution >= 4 is 5.91 Å². The number of likely N-dealkylation sites (tertiary alicyclic amines) is 1. The molecule has 2 aliphatic heterocycles. The zero-order valence-corrected chi connectivity index (χ0v) is 17.0. The van der Waals surface area contributed by atoms with Gasteiger partial charge in [0.25, 0.3) is 5.91 Å². The van der Waals surface area contributed by atoms with Crippen molar-refractivity contribution < 1.29 is 9.53 Å². The Morgan fingerprint density at radius 3 is 2.57 bits per heavy atom. The summed E-state index contributed by atoms with van der Waals surface area (Å²) in [6.45, 7) is 6.12. The van der Waals surface area contributed by atoms with Crippen molar-refractivity contribution in [1.82, 2.24) is 29.4 Å². The number of piperidine rings is 1. The number of aromatic nitrogens is 4. The van der Waals surface area contributed by atoms with E-state index in [9.17, 15) is 4.79 Å². The van der Waals surface area contributed by atoms with E-state index in [1.807, 2.05) is 38.3 Å². The van der Waals surface area contributed by atoms with Gasteiger partial charge < -0.3 is 14.5 Å². The summed E-state index contributed by atoms with van der Waals surface area (Å²) >= 11 is 0. The van der Waals surface area contributed by atoms with E-state index in [-0.39, 0.29) is 18.1 Å². The summed E-state index contributed by atoms with van der Waals surface area (Å²) in [4.78, 5) is 17.9. The van der Waals surface area contributed by atoms with Gasteiger partial charge in [0.1, 0.15) is 0 Å². The van der Waals surface area contributed by atoms with Gasteiger partial charge in [-0.25, -0.2) is 0 Å². The molecule has 0 N–H and O–H groups in total. The molecule has 4 heterocycles. The summed E-state index contributed by atoms with van der Waals surface area (Å²) in [5, 5.41) is 8.61. The van der Waals surface area contributed by atoms with Crippen molar-refractivity contribution in [2.45, 2.75) is 38.3 Å². The van der Waals surface area contributed by atoms with Crippen molar-refractivity contribution in [2.24, 2.45) is 14.1 Å². The number of amides is 1. The van der Waals surface area contributed by atoms with Crippen molar-refractivity contribution in [3.05, 3.63) is 35.4 Å². The Balaban J connectivity index is 1.63. The molecule has 2 aromatic rings. The molecule has 2 saturated heterocycles. The molecule has 0 radical (unpaired) electrons. The van der Waals surface area contributed by atoms with Crippen molar-refractivity contribution in [3.8, 4) is 0 Å². The Bertz CT molecular complexity index is 823. The van der Waals surface area contributed by atoms with Crippen LogP contribution in [-0.4, -0.2) is 74.2 Å². The molecule has 2 fully saturated rings. The van der Waals surface area contributed by atoms with Crippen LogP contribution >= 0.6 is 0 Å². The third-order valence-electron chi connectivity index (χ3n) is 6.03. The standard InChI is InChI=1S/C20H30N6O2/c1-15-17(12-22-24(15)3)20(27)26-9-10-28-18(14-25-7-5-4-6-8-25)19(26)16-11-21-23(2)13-16/h11-13,18-19H,4-10,14H2,1-3H3/t18-,19-/m0/s1. The molecule has 8 heteroatoms. The van der Waals surface area contributed by atoms with E-state index in [0.29, 0.717) is 18.7 Å². The Hall–Kier alpha value is -2.19. The fraction of sp³-hybridized carbons (Fsp3) is 0.650. The Morgan fingerprint density at radius 1 is 1.14 bits per heavy atom. The third-order valence-corrected chi connectivity index (χ3v) is 6.03. The smallest absolute Gasteiger partial charge is 0.258 e. The van der Waals surface area contributed by atoms with E-state index in [4.69, 9.17) is 4.74 Å². The van der Waals surface area contributed by atoms with Gasteiger partial charge in [0.05, 0.1) is 36.7 Å². The van der Waals surface area contributed by atoms with Crippen molar-refractivity contribution in [2.75, 3.05) is 32.8 Å². The third kappa shape index (κ3) is 3.71. The molecule has 0 unspecified atom stereocenters. The lowest BCUT2D eigenvalue weighted by Crippen LogP contribution is -2.52. The monoisotopic (exact) mass is 386 g/mol. The van der Waals surface area contributed by atoms with Crippen LogP contribution in [0.5, 0.6) is 0 Å². The second-order valence-electron chi connectivity index (χ2n) is 7.93. The maximum Gasteiger partial charge on any atom is 0.258 e. The molecular formula is C20H30N6O2. The Kier molecular flexibility index (Phi) is 5.50. The van der Waals surface area contributed by atoms with Crippen LogP contribution in [0.3, 0.4) is 0 Å². The summed E-state index contributed by atoms with van der Waals surface area (Å²) in [5.41, 5.74) is 2.57. The van der Waals surface area contributed by atoms with Crippen LogP contribution < -0.4 is 0 Å². The van der Waals surface area contributed by atoms with Crippen LogP contribution in [0.2, 0.25) is 0 Å². The quantitative estimate of drug-likeness (QED) is 0.797. The Morgan fingerprint density at radius 2 is 1.93 bits per heavy atom. The highest BCUT2D eigenvalue weighted by atomic mass is 16.5. The van der Waals surface area contributed by atoms with Gasteiger partial charge >= 0.3 is 0 Å². The molecule has 8 nitrogen and oxygen atoms in total. The topological polar surface area (TPSA) is 68.4 Å². The van der Waals surface area contributed by atoms with Crippen LogP contribution in [0.15, 0.2) is 18.6 Å². The number of nitrogens with zero attached hydrogens (tertiary/aromatic N) is 6. The van der Waals surface area contributed by atoms with E-state index in [2.05, 4.69) is 15.1 Å². The minimum absolute atomic E-state index is 0.0198. The second-order valence-corrected chi connectivity index (χ2v) is 7.93. The SMILES string of the molecule is Cc1c(C(=O)N2CCO[C@@H](CN3CCCCC3)[C@@H]2c2cnn(C)c2)cnn1C. The maximum absolute atomic E-state index is 13.4. The van der Waals surface area contributed by atoms with E-state index in [0.717, 1.165) is 30.9 Å². The fourth-order valence-electron chi connectivity index (χ4n) is 4.36. The summed E-state index contributed by atoms with van der Waals surface area (Å²) in [6, 6.07) is -0.142. The normalized spacial score (nSPS) is 23.9. The van der Waals surface area contributed by atoms with Crippen molar-refractivity contribution in [3.63, 3.8) is 0 Å². The summed E-state index contributed by atoms with van der Waals surface area (Å²) in [7, 11) is 3.77. The summed E-state index contributed by atoms with van der Waals surface area (Å²) < 4.78 is 9.75. The first kappa shape index (κ1) is 19.1. The average molecular weight is 387 g/mol. The highest BCUT2D eigenvalue weighted by Crippen LogP contribution is 2.32. The second kappa shape index (κ2) is 8.05. The lowest BCUT2D eigenvalue weighted by molar-refractivity contribution is -0.0741. The minimum atomic E-state index is -0.142. The molecule has 0 bridgehead atoms.